The van der Waals surface area contributed by atoms with Crippen molar-refractivity contribution in [2.24, 2.45) is 5.73 Å². The molecule has 1 atom stereocenters. The van der Waals surface area contributed by atoms with Crippen LogP contribution in [0.15, 0.2) is 24.3 Å². The van der Waals surface area contributed by atoms with Crippen LogP contribution in [0.2, 0.25) is 0 Å². The number of methoxy groups -OCH3 is 1. The average Bonchev–Trinajstić information content (AvgIpc) is 2.66. The first-order valence-electron chi connectivity index (χ1n) is 8.95. The maximum atomic E-state index is 12.6. The van der Waals surface area contributed by atoms with Crippen LogP contribution in [0.5, 0.6) is 0 Å². The number of carbonyl (C=O) groups excluding carboxylic acids is 2. The SMILES string of the molecule is COC(CN)CC(=O)Nc1ccc(C(=O)N(C)C2CCCCC2)cc1. The van der Waals surface area contributed by atoms with E-state index in [-0.39, 0.29) is 24.3 Å². The van der Waals surface area contributed by atoms with Gasteiger partial charge in [-0.3, -0.25) is 9.59 Å². The van der Waals surface area contributed by atoms with Crippen LogP contribution in [0.1, 0.15) is 48.9 Å². The molecule has 3 N–H and O–H groups in total. The minimum atomic E-state index is -0.287. The van der Waals surface area contributed by atoms with E-state index in [9.17, 15) is 9.59 Å². The summed E-state index contributed by atoms with van der Waals surface area (Å²) < 4.78 is 5.11. The number of hydrogen-bond acceptors (Lipinski definition) is 4. The van der Waals surface area contributed by atoms with Gasteiger partial charge >= 0.3 is 0 Å². The first-order valence-corrected chi connectivity index (χ1v) is 8.95. The Morgan fingerprint density at radius 3 is 2.44 bits per heavy atom. The molecular weight excluding hydrogens is 318 g/mol. The number of rotatable bonds is 7. The third-order valence-electron chi connectivity index (χ3n) is 4.87. The third kappa shape index (κ3) is 5.54. The molecule has 0 aliphatic heterocycles. The van der Waals surface area contributed by atoms with Crippen molar-refractivity contribution in [3.05, 3.63) is 29.8 Å². The lowest BCUT2D eigenvalue weighted by Gasteiger charge is -2.31. The Bertz CT molecular complexity index is 564. The fourth-order valence-corrected chi connectivity index (χ4v) is 3.22. The smallest absolute Gasteiger partial charge is 0.253 e. The van der Waals surface area contributed by atoms with Crippen molar-refractivity contribution in [2.75, 3.05) is 26.0 Å². The van der Waals surface area contributed by atoms with Gasteiger partial charge in [0.15, 0.2) is 0 Å². The molecule has 1 fully saturated rings. The molecule has 2 amide bonds. The highest BCUT2D eigenvalue weighted by Crippen LogP contribution is 2.23. The van der Waals surface area contributed by atoms with Crippen LogP contribution < -0.4 is 11.1 Å². The monoisotopic (exact) mass is 347 g/mol. The van der Waals surface area contributed by atoms with Crippen molar-refractivity contribution in [1.29, 1.82) is 0 Å². The van der Waals surface area contributed by atoms with E-state index >= 15 is 0 Å². The molecule has 1 unspecified atom stereocenters. The second kappa shape index (κ2) is 9.53. The number of nitrogens with two attached hydrogens (primary N) is 1. The molecule has 1 aromatic carbocycles. The van der Waals surface area contributed by atoms with Gasteiger partial charge in [0.25, 0.3) is 5.91 Å². The van der Waals surface area contributed by atoms with Gasteiger partial charge in [0.1, 0.15) is 0 Å². The molecule has 0 spiro atoms. The highest BCUT2D eigenvalue weighted by Gasteiger charge is 2.23. The molecule has 1 aromatic rings. The highest BCUT2D eigenvalue weighted by atomic mass is 16.5. The number of nitrogens with one attached hydrogen (secondary N) is 1. The summed E-state index contributed by atoms with van der Waals surface area (Å²) in [6.45, 7) is 0.296. The van der Waals surface area contributed by atoms with E-state index in [2.05, 4.69) is 5.32 Å². The Morgan fingerprint density at radius 2 is 1.88 bits per heavy atom. The molecule has 0 saturated heterocycles. The van der Waals surface area contributed by atoms with Gasteiger partial charge in [0.05, 0.1) is 12.5 Å². The summed E-state index contributed by atoms with van der Waals surface area (Å²) in [6, 6.07) is 7.36. The van der Waals surface area contributed by atoms with Gasteiger partial charge in [-0.05, 0) is 37.1 Å². The summed E-state index contributed by atoms with van der Waals surface area (Å²) >= 11 is 0. The Morgan fingerprint density at radius 1 is 1.24 bits per heavy atom. The molecule has 0 bridgehead atoms. The van der Waals surface area contributed by atoms with Gasteiger partial charge in [-0.2, -0.15) is 0 Å². The number of hydrogen-bond donors (Lipinski definition) is 2. The Hall–Kier alpha value is -1.92. The van der Waals surface area contributed by atoms with Gasteiger partial charge in [0, 0.05) is 38.0 Å². The molecule has 25 heavy (non-hydrogen) atoms. The predicted octanol–water partition coefficient (Wildman–Crippen LogP) is 2.39. The molecule has 138 valence electrons. The minimum absolute atomic E-state index is 0.0346. The number of amides is 2. The van der Waals surface area contributed by atoms with E-state index in [0.717, 1.165) is 12.8 Å². The van der Waals surface area contributed by atoms with Gasteiger partial charge in [-0.1, -0.05) is 19.3 Å². The molecule has 2 rings (SSSR count). The lowest BCUT2D eigenvalue weighted by Crippen LogP contribution is -2.38. The average molecular weight is 347 g/mol. The maximum Gasteiger partial charge on any atom is 0.253 e. The summed E-state index contributed by atoms with van der Waals surface area (Å²) in [4.78, 5) is 26.4. The largest absolute Gasteiger partial charge is 0.380 e. The Labute approximate surface area is 149 Å². The molecule has 1 aliphatic rings. The molecular formula is C19H29N3O3. The molecule has 6 heteroatoms. The van der Waals surface area contributed by atoms with Crippen molar-refractivity contribution in [3.63, 3.8) is 0 Å². The normalized spacial score (nSPS) is 16.3. The number of carbonyl (C=O) groups is 2. The number of benzene rings is 1. The van der Waals surface area contributed by atoms with E-state index in [0.29, 0.717) is 23.8 Å². The Balaban J connectivity index is 1.92. The van der Waals surface area contributed by atoms with Crippen LogP contribution in [0.3, 0.4) is 0 Å². The molecule has 0 aromatic heterocycles. The first-order chi connectivity index (χ1) is 12.0. The lowest BCUT2D eigenvalue weighted by molar-refractivity contribution is -0.118. The standard InChI is InChI=1S/C19H29N3O3/c1-22(16-6-4-3-5-7-16)19(24)14-8-10-15(11-9-14)21-18(23)12-17(13-20)25-2/h8-11,16-17H,3-7,12-13,20H2,1-2H3,(H,21,23). The molecule has 1 saturated carbocycles. The summed E-state index contributed by atoms with van der Waals surface area (Å²) in [6.07, 6.45) is 5.73. The second-order valence-electron chi connectivity index (χ2n) is 6.63. The van der Waals surface area contributed by atoms with Crippen molar-refractivity contribution < 1.29 is 14.3 Å². The zero-order valence-electron chi connectivity index (χ0n) is 15.2. The summed E-state index contributed by atoms with van der Waals surface area (Å²) in [7, 11) is 3.42. The third-order valence-corrected chi connectivity index (χ3v) is 4.87. The van der Waals surface area contributed by atoms with Crippen LogP contribution in [0.25, 0.3) is 0 Å². The van der Waals surface area contributed by atoms with E-state index in [1.165, 1.54) is 26.4 Å². The number of nitrogens with zero attached hydrogens (tertiary/aromatic N) is 1. The van der Waals surface area contributed by atoms with Crippen LogP contribution in [-0.2, 0) is 9.53 Å². The topological polar surface area (TPSA) is 84.7 Å². The summed E-state index contributed by atoms with van der Waals surface area (Å²) in [5, 5.41) is 2.80. The van der Waals surface area contributed by atoms with Crippen molar-refractivity contribution >= 4 is 17.5 Å². The molecule has 0 radical (unpaired) electrons. The quantitative estimate of drug-likeness (QED) is 0.793. The Kier molecular flexibility index (Phi) is 7.40. The fraction of sp³-hybridized carbons (Fsp3) is 0.579. The van der Waals surface area contributed by atoms with Crippen molar-refractivity contribution in [2.45, 2.75) is 50.7 Å². The number of ether oxygens (including phenoxy) is 1. The van der Waals surface area contributed by atoms with E-state index in [4.69, 9.17) is 10.5 Å². The van der Waals surface area contributed by atoms with E-state index in [1.54, 1.807) is 24.3 Å². The lowest BCUT2D eigenvalue weighted by atomic mass is 9.94. The van der Waals surface area contributed by atoms with Crippen LogP contribution in [0, 0.1) is 0 Å². The minimum Gasteiger partial charge on any atom is -0.380 e. The predicted molar refractivity (Wildman–Crippen MR) is 98.5 cm³/mol. The first kappa shape index (κ1) is 19.4. The van der Waals surface area contributed by atoms with Gasteiger partial charge in [-0.15, -0.1) is 0 Å². The fourth-order valence-electron chi connectivity index (χ4n) is 3.22. The van der Waals surface area contributed by atoms with Gasteiger partial charge < -0.3 is 20.7 Å². The van der Waals surface area contributed by atoms with Crippen LogP contribution in [0.4, 0.5) is 5.69 Å². The zero-order valence-corrected chi connectivity index (χ0v) is 15.2. The van der Waals surface area contributed by atoms with Crippen LogP contribution >= 0.6 is 0 Å². The van der Waals surface area contributed by atoms with Gasteiger partial charge in [-0.25, -0.2) is 0 Å². The van der Waals surface area contributed by atoms with Crippen molar-refractivity contribution in [3.8, 4) is 0 Å². The molecule has 1 aliphatic carbocycles. The van der Waals surface area contributed by atoms with E-state index < -0.39 is 0 Å². The van der Waals surface area contributed by atoms with E-state index in [1.807, 2.05) is 11.9 Å². The van der Waals surface area contributed by atoms with Crippen molar-refractivity contribution in [1.82, 2.24) is 4.90 Å². The summed E-state index contributed by atoms with van der Waals surface area (Å²) in [5.74, 6) is -0.122. The summed E-state index contributed by atoms with van der Waals surface area (Å²) in [5.41, 5.74) is 6.82. The second-order valence-corrected chi connectivity index (χ2v) is 6.63. The maximum absolute atomic E-state index is 12.6. The highest BCUT2D eigenvalue weighted by molar-refractivity contribution is 5.96. The number of anilines is 1. The molecule has 0 heterocycles. The molecule has 6 nitrogen and oxygen atoms in total. The zero-order chi connectivity index (χ0) is 18.2. The van der Waals surface area contributed by atoms with Gasteiger partial charge in [0.2, 0.25) is 5.91 Å². The van der Waals surface area contributed by atoms with Crippen LogP contribution in [-0.4, -0.2) is 49.6 Å².